The van der Waals surface area contributed by atoms with Crippen LogP contribution in [0.4, 0.5) is 0 Å². The van der Waals surface area contributed by atoms with Crippen LogP contribution in [-0.4, -0.2) is 7.05 Å². The van der Waals surface area contributed by atoms with Crippen molar-refractivity contribution in [2.45, 2.75) is 19.4 Å². The molecule has 0 radical (unpaired) electrons. The first-order valence-electron chi connectivity index (χ1n) is 3.88. The van der Waals surface area contributed by atoms with Crippen LogP contribution >= 0.6 is 0 Å². The first kappa shape index (κ1) is 8.82. The van der Waals surface area contributed by atoms with E-state index in [0.29, 0.717) is 6.42 Å². The van der Waals surface area contributed by atoms with Crippen molar-refractivity contribution in [3.05, 3.63) is 23.7 Å². The summed E-state index contributed by atoms with van der Waals surface area (Å²) in [5.74, 6) is 1.71. The molecule has 1 rings (SSSR count). The van der Waals surface area contributed by atoms with Crippen molar-refractivity contribution in [3.63, 3.8) is 0 Å². The van der Waals surface area contributed by atoms with E-state index in [1.54, 1.807) is 0 Å². The third-order valence-corrected chi connectivity index (χ3v) is 1.75. The average Bonchev–Trinajstić information content (AvgIpc) is 2.47. The maximum Gasteiger partial charge on any atom is 0.122 e. The smallest absolute Gasteiger partial charge is 0.122 e. The zero-order chi connectivity index (χ0) is 8.97. The molecule has 0 aliphatic rings. The van der Waals surface area contributed by atoms with Gasteiger partial charge >= 0.3 is 0 Å². The number of aryl methyl sites for hydroxylation is 1. The lowest BCUT2D eigenvalue weighted by Gasteiger charge is -2.07. The zero-order valence-corrected chi connectivity index (χ0v) is 7.29. The first-order valence-corrected chi connectivity index (χ1v) is 3.88. The van der Waals surface area contributed by atoms with Gasteiger partial charge in [0.15, 0.2) is 0 Å². The van der Waals surface area contributed by atoms with E-state index in [9.17, 15) is 0 Å². The summed E-state index contributed by atoms with van der Waals surface area (Å²) in [6.45, 7) is 1.89. The molecular weight excluding hydrogens is 152 g/mol. The Morgan fingerprint density at radius 3 is 2.83 bits per heavy atom. The summed E-state index contributed by atoms with van der Waals surface area (Å²) in [6.07, 6.45) is 0.434. The highest BCUT2D eigenvalue weighted by Crippen LogP contribution is 2.18. The van der Waals surface area contributed by atoms with Gasteiger partial charge in [-0.2, -0.15) is 5.26 Å². The van der Waals surface area contributed by atoms with Gasteiger partial charge in [0.25, 0.3) is 0 Å². The van der Waals surface area contributed by atoms with Gasteiger partial charge in [-0.05, 0) is 26.1 Å². The van der Waals surface area contributed by atoms with Gasteiger partial charge in [-0.25, -0.2) is 0 Å². The van der Waals surface area contributed by atoms with Gasteiger partial charge in [0.1, 0.15) is 11.5 Å². The Morgan fingerprint density at radius 1 is 1.67 bits per heavy atom. The number of nitrogens with zero attached hydrogens (tertiary/aromatic N) is 1. The van der Waals surface area contributed by atoms with Crippen LogP contribution in [0, 0.1) is 18.3 Å². The largest absolute Gasteiger partial charge is 0.465 e. The number of hydrogen-bond donors (Lipinski definition) is 1. The predicted molar refractivity (Wildman–Crippen MR) is 45.5 cm³/mol. The molecule has 3 heteroatoms. The lowest BCUT2D eigenvalue weighted by molar-refractivity contribution is 0.419. The molecule has 3 nitrogen and oxygen atoms in total. The van der Waals surface area contributed by atoms with Gasteiger partial charge < -0.3 is 9.73 Å². The van der Waals surface area contributed by atoms with E-state index in [1.165, 1.54) is 0 Å². The fourth-order valence-corrected chi connectivity index (χ4v) is 1.08. The first-order chi connectivity index (χ1) is 5.77. The van der Waals surface area contributed by atoms with Crippen LogP contribution in [0.15, 0.2) is 16.5 Å². The molecule has 64 valence electrons. The van der Waals surface area contributed by atoms with E-state index >= 15 is 0 Å². The molecule has 0 aliphatic carbocycles. The third-order valence-electron chi connectivity index (χ3n) is 1.75. The van der Waals surface area contributed by atoms with Gasteiger partial charge in [-0.1, -0.05) is 0 Å². The SMILES string of the molecule is CNC(CC#N)c1ccc(C)o1. The molecule has 1 aromatic rings. The van der Waals surface area contributed by atoms with Crippen LogP contribution in [0.2, 0.25) is 0 Å². The van der Waals surface area contributed by atoms with Crippen molar-refractivity contribution in [2.24, 2.45) is 0 Å². The zero-order valence-electron chi connectivity index (χ0n) is 7.29. The Labute approximate surface area is 72.0 Å². The molecule has 0 aliphatic heterocycles. The summed E-state index contributed by atoms with van der Waals surface area (Å²) < 4.78 is 5.38. The normalized spacial score (nSPS) is 12.4. The van der Waals surface area contributed by atoms with Gasteiger partial charge in [0, 0.05) is 0 Å². The van der Waals surface area contributed by atoms with Gasteiger partial charge in [0.05, 0.1) is 18.5 Å². The van der Waals surface area contributed by atoms with Gasteiger partial charge in [-0.3, -0.25) is 0 Å². The molecule has 1 heterocycles. The van der Waals surface area contributed by atoms with Crippen molar-refractivity contribution < 1.29 is 4.42 Å². The average molecular weight is 164 g/mol. The number of nitriles is 1. The monoisotopic (exact) mass is 164 g/mol. The second-order valence-corrected chi connectivity index (χ2v) is 2.65. The minimum Gasteiger partial charge on any atom is -0.465 e. The Bertz CT molecular complexity index is 285. The van der Waals surface area contributed by atoms with Crippen LogP contribution in [0.25, 0.3) is 0 Å². The van der Waals surface area contributed by atoms with E-state index in [-0.39, 0.29) is 6.04 Å². The number of furan rings is 1. The van der Waals surface area contributed by atoms with Crippen LogP contribution in [0.1, 0.15) is 24.0 Å². The highest BCUT2D eigenvalue weighted by atomic mass is 16.3. The maximum absolute atomic E-state index is 8.50. The summed E-state index contributed by atoms with van der Waals surface area (Å²) in [6, 6.07) is 5.92. The number of rotatable bonds is 3. The van der Waals surface area contributed by atoms with Crippen molar-refractivity contribution in [2.75, 3.05) is 7.05 Å². The maximum atomic E-state index is 8.50. The van der Waals surface area contributed by atoms with Crippen molar-refractivity contribution in [1.82, 2.24) is 5.32 Å². The quantitative estimate of drug-likeness (QED) is 0.740. The summed E-state index contributed by atoms with van der Waals surface area (Å²) in [5.41, 5.74) is 0. The highest BCUT2D eigenvalue weighted by Gasteiger charge is 2.11. The summed E-state index contributed by atoms with van der Waals surface area (Å²) in [4.78, 5) is 0. The molecule has 1 atom stereocenters. The molecule has 0 aromatic carbocycles. The van der Waals surface area contributed by atoms with Crippen molar-refractivity contribution in [1.29, 1.82) is 5.26 Å². The Hall–Kier alpha value is -1.27. The van der Waals surface area contributed by atoms with Gasteiger partial charge in [-0.15, -0.1) is 0 Å². The third kappa shape index (κ3) is 1.86. The topological polar surface area (TPSA) is 49.0 Å². The molecule has 0 saturated carbocycles. The van der Waals surface area contributed by atoms with Crippen LogP contribution < -0.4 is 5.32 Å². The molecule has 12 heavy (non-hydrogen) atoms. The Morgan fingerprint density at radius 2 is 2.42 bits per heavy atom. The van der Waals surface area contributed by atoms with Gasteiger partial charge in [0.2, 0.25) is 0 Å². The van der Waals surface area contributed by atoms with E-state index in [1.807, 2.05) is 26.1 Å². The molecule has 0 spiro atoms. The molecule has 1 aromatic heterocycles. The summed E-state index contributed by atoms with van der Waals surface area (Å²) in [7, 11) is 1.82. The van der Waals surface area contributed by atoms with E-state index in [4.69, 9.17) is 9.68 Å². The number of nitrogens with one attached hydrogen (secondary N) is 1. The minimum atomic E-state index is 0.0173. The van der Waals surface area contributed by atoms with Crippen molar-refractivity contribution in [3.8, 4) is 6.07 Å². The summed E-state index contributed by atoms with van der Waals surface area (Å²) >= 11 is 0. The molecule has 0 amide bonds. The lowest BCUT2D eigenvalue weighted by Crippen LogP contribution is -2.14. The van der Waals surface area contributed by atoms with Crippen LogP contribution in [-0.2, 0) is 0 Å². The Kier molecular flexibility index (Phi) is 2.89. The molecule has 1 unspecified atom stereocenters. The highest BCUT2D eigenvalue weighted by molar-refractivity contribution is 5.10. The fraction of sp³-hybridized carbons (Fsp3) is 0.444. The second kappa shape index (κ2) is 3.93. The lowest BCUT2D eigenvalue weighted by atomic mass is 10.2. The van der Waals surface area contributed by atoms with Crippen molar-refractivity contribution >= 4 is 0 Å². The molecule has 1 N–H and O–H groups in total. The van der Waals surface area contributed by atoms with Crippen LogP contribution in [0.5, 0.6) is 0 Å². The molecule has 0 saturated heterocycles. The van der Waals surface area contributed by atoms with E-state index in [0.717, 1.165) is 11.5 Å². The fourth-order valence-electron chi connectivity index (χ4n) is 1.08. The van der Waals surface area contributed by atoms with E-state index in [2.05, 4.69) is 11.4 Å². The summed E-state index contributed by atoms with van der Waals surface area (Å²) in [5, 5.41) is 11.5. The standard InChI is InChI=1S/C9H12N2O/c1-7-3-4-9(12-7)8(11-2)5-6-10/h3-4,8,11H,5H2,1-2H3. The predicted octanol–water partition coefficient (Wildman–Crippen LogP) is 1.76. The minimum absolute atomic E-state index is 0.0173. The Balaban J connectivity index is 2.74. The molecule has 0 fully saturated rings. The number of hydrogen-bond acceptors (Lipinski definition) is 3. The van der Waals surface area contributed by atoms with Crippen LogP contribution in [0.3, 0.4) is 0 Å². The molecule has 0 bridgehead atoms. The molecular formula is C9H12N2O. The second-order valence-electron chi connectivity index (χ2n) is 2.65. The van der Waals surface area contributed by atoms with E-state index < -0.39 is 0 Å².